The van der Waals surface area contributed by atoms with E-state index >= 15 is 0 Å². The van der Waals surface area contributed by atoms with Crippen LogP contribution in [0.2, 0.25) is 5.02 Å². The second-order valence-electron chi connectivity index (χ2n) is 5.92. The Morgan fingerprint density at radius 2 is 1.70 bits per heavy atom. The molecule has 1 N–H and O–H groups in total. The van der Waals surface area contributed by atoms with Gasteiger partial charge in [-0.05, 0) is 55.3 Å². The van der Waals surface area contributed by atoms with Gasteiger partial charge >= 0.3 is 0 Å². The second kappa shape index (κ2) is 9.37. The van der Waals surface area contributed by atoms with Crippen LogP contribution in [0.3, 0.4) is 0 Å². The SMILES string of the molecule is COc1cc(CNC(=O)[C@@H](C)Oc2ccc(Cl)c(C)c2)cc(OC)c1OC. The maximum atomic E-state index is 12.4. The van der Waals surface area contributed by atoms with E-state index in [1.165, 1.54) is 0 Å². The number of ether oxygens (including phenoxy) is 4. The molecule has 1 amide bonds. The molecule has 6 nitrogen and oxygen atoms in total. The molecule has 0 aliphatic heterocycles. The summed E-state index contributed by atoms with van der Waals surface area (Å²) in [5.74, 6) is 1.91. The molecule has 0 unspecified atom stereocenters. The lowest BCUT2D eigenvalue weighted by molar-refractivity contribution is -0.127. The molecule has 7 heteroatoms. The van der Waals surface area contributed by atoms with Crippen LogP contribution in [-0.4, -0.2) is 33.3 Å². The summed E-state index contributed by atoms with van der Waals surface area (Å²) in [4.78, 5) is 12.4. The third-order valence-corrected chi connectivity index (χ3v) is 4.43. The lowest BCUT2D eigenvalue weighted by Crippen LogP contribution is -2.35. The van der Waals surface area contributed by atoms with Crippen molar-refractivity contribution in [2.75, 3.05) is 21.3 Å². The summed E-state index contributed by atoms with van der Waals surface area (Å²) in [6, 6.07) is 8.85. The lowest BCUT2D eigenvalue weighted by Gasteiger charge is -2.17. The Labute approximate surface area is 164 Å². The standard InChI is InChI=1S/C20H24ClNO5/c1-12-8-15(6-7-16(12)21)27-13(2)20(23)22-11-14-9-17(24-3)19(26-5)18(10-14)25-4/h6-10,13H,11H2,1-5H3,(H,22,23)/t13-/m1/s1. The Balaban J connectivity index is 2.02. The van der Waals surface area contributed by atoms with Crippen LogP contribution in [0, 0.1) is 6.92 Å². The normalized spacial score (nSPS) is 11.5. The van der Waals surface area contributed by atoms with Gasteiger partial charge in [-0.1, -0.05) is 11.6 Å². The van der Waals surface area contributed by atoms with Gasteiger partial charge in [0.1, 0.15) is 5.75 Å². The van der Waals surface area contributed by atoms with Crippen LogP contribution in [0.25, 0.3) is 0 Å². The molecular weight excluding hydrogens is 370 g/mol. The first-order valence-electron chi connectivity index (χ1n) is 8.39. The molecule has 0 fully saturated rings. The van der Waals surface area contributed by atoms with Gasteiger partial charge in [-0.3, -0.25) is 4.79 Å². The smallest absolute Gasteiger partial charge is 0.261 e. The topological polar surface area (TPSA) is 66.0 Å². The van der Waals surface area contributed by atoms with Crippen LogP contribution in [0.5, 0.6) is 23.0 Å². The molecule has 0 aliphatic carbocycles. The van der Waals surface area contributed by atoms with E-state index in [4.69, 9.17) is 30.5 Å². The van der Waals surface area contributed by atoms with Crippen LogP contribution < -0.4 is 24.3 Å². The maximum absolute atomic E-state index is 12.4. The zero-order valence-electron chi connectivity index (χ0n) is 16.1. The first kappa shape index (κ1) is 20.7. The summed E-state index contributed by atoms with van der Waals surface area (Å²) in [6.07, 6.45) is -0.660. The molecule has 2 aromatic carbocycles. The second-order valence-corrected chi connectivity index (χ2v) is 6.33. The van der Waals surface area contributed by atoms with Crippen molar-refractivity contribution in [1.29, 1.82) is 0 Å². The fraction of sp³-hybridized carbons (Fsp3) is 0.350. The number of halogens is 1. The van der Waals surface area contributed by atoms with Gasteiger partial charge in [-0.2, -0.15) is 0 Å². The average Bonchev–Trinajstić information content (AvgIpc) is 2.67. The first-order valence-corrected chi connectivity index (χ1v) is 8.76. The van der Waals surface area contributed by atoms with E-state index in [-0.39, 0.29) is 5.91 Å². The van der Waals surface area contributed by atoms with Crippen molar-refractivity contribution >= 4 is 17.5 Å². The van der Waals surface area contributed by atoms with Crippen molar-refractivity contribution in [3.63, 3.8) is 0 Å². The number of carbonyl (C=O) groups is 1. The van der Waals surface area contributed by atoms with Crippen LogP contribution in [0.1, 0.15) is 18.1 Å². The van der Waals surface area contributed by atoms with Gasteiger partial charge in [0, 0.05) is 11.6 Å². The van der Waals surface area contributed by atoms with Gasteiger partial charge in [-0.15, -0.1) is 0 Å². The van der Waals surface area contributed by atoms with E-state index in [1.807, 2.05) is 6.92 Å². The molecule has 2 aromatic rings. The van der Waals surface area contributed by atoms with Gasteiger partial charge in [0.25, 0.3) is 5.91 Å². The monoisotopic (exact) mass is 393 g/mol. The number of methoxy groups -OCH3 is 3. The number of nitrogens with one attached hydrogen (secondary N) is 1. The highest BCUT2D eigenvalue weighted by molar-refractivity contribution is 6.31. The Bertz CT molecular complexity index is 784. The number of benzene rings is 2. The number of amides is 1. The predicted octanol–water partition coefficient (Wildman–Crippen LogP) is 3.76. The molecule has 0 saturated heterocycles. The number of rotatable bonds is 8. The summed E-state index contributed by atoms with van der Waals surface area (Å²) < 4.78 is 21.6. The van der Waals surface area contributed by atoms with E-state index < -0.39 is 6.10 Å². The molecule has 27 heavy (non-hydrogen) atoms. The van der Waals surface area contributed by atoms with E-state index in [9.17, 15) is 4.79 Å². The van der Waals surface area contributed by atoms with Gasteiger partial charge in [-0.25, -0.2) is 0 Å². The predicted molar refractivity (Wildman–Crippen MR) is 104 cm³/mol. The van der Waals surface area contributed by atoms with Crippen molar-refractivity contribution < 1.29 is 23.7 Å². The highest BCUT2D eigenvalue weighted by Gasteiger charge is 2.17. The van der Waals surface area contributed by atoms with Crippen LogP contribution in [-0.2, 0) is 11.3 Å². The Morgan fingerprint density at radius 1 is 1.07 bits per heavy atom. The molecule has 1 atom stereocenters. The summed E-state index contributed by atoms with van der Waals surface area (Å²) in [5, 5.41) is 3.50. The summed E-state index contributed by atoms with van der Waals surface area (Å²) in [6.45, 7) is 3.86. The minimum Gasteiger partial charge on any atom is -0.493 e. The highest BCUT2D eigenvalue weighted by atomic mass is 35.5. The van der Waals surface area contributed by atoms with Gasteiger partial charge in [0.15, 0.2) is 17.6 Å². The van der Waals surface area contributed by atoms with E-state index in [0.717, 1.165) is 11.1 Å². The molecule has 2 rings (SSSR count). The van der Waals surface area contributed by atoms with Crippen molar-refractivity contribution in [3.8, 4) is 23.0 Å². The first-order chi connectivity index (χ1) is 12.9. The highest BCUT2D eigenvalue weighted by Crippen LogP contribution is 2.38. The third kappa shape index (κ3) is 5.20. The lowest BCUT2D eigenvalue weighted by atomic mass is 10.1. The zero-order valence-corrected chi connectivity index (χ0v) is 16.8. The van der Waals surface area contributed by atoms with Crippen molar-refractivity contribution in [1.82, 2.24) is 5.32 Å². The van der Waals surface area contributed by atoms with Gasteiger partial charge in [0.2, 0.25) is 5.75 Å². The molecular formula is C20H24ClNO5. The summed E-state index contributed by atoms with van der Waals surface area (Å²) in [5.41, 5.74) is 1.70. The molecule has 0 aliphatic rings. The summed E-state index contributed by atoms with van der Waals surface area (Å²) >= 11 is 6.00. The van der Waals surface area contributed by atoms with Crippen LogP contribution >= 0.6 is 11.6 Å². The fourth-order valence-corrected chi connectivity index (χ4v) is 2.64. The van der Waals surface area contributed by atoms with Gasteiger partial charge < -0.3 is 24.3 Å². The molecule has 0 radical (unpaired) electrons. The third-order valence-electron chi connectivity index (χ3n) is 4.00. The van der Waals surface area contributed by atoms with Crippen LogP contribution in [0.15, 0.2) is 30.3 Å². The van der Waals surface area contributed by atoms with E-state index in [0.29, 0.717) is 34.6 Å². The maximum Gasteiger partial charge on any atom is 0.261 e. The quantitative estimate of drug-likeness (QED) is 0.739. The minimum absolute atomic E-state index is 0.239. The molecule has 146 valence electrons. The average molecular weight is 394 g/mol. The molecule has 0 aromatic heterocycles. The number of hydrogen-bond acceptors (Lipinski definition) is 5. The van der Waals surface area contributed by atoms with Crippen molar-refractivity contribution in [3.05, 3.63) is 46.5 Å². The Kier molecular flexibility index (Phi) is 7.19. The number of carbonyl (C=O) groups excluding carboxylic acids is 1. The Hall–Kier alpha value is -2.60. The van der Waals surface area contributed by atoms with E-state index in [2.05, 4.69) is 5.32 Å². The zero-order chi connectivity index (χ0) is 20.0. The van der Waals surface area contributed by atoms with Gasteiger partial charge in [0.05, 0.1) is 21.3 Å². The molecule has 0 bridgehead atoms. The Morgan fingerprint density at radius 3 is 2.22 bits per heavy atom. The minimum atomic E-state index is -0.660. The molecule has 0 saturated carbocycles. The van der Waals surface area contributed by atoms with Crippen molar-refractivity contribution in [2.45, 2.75) is 26.5 Å². The summed E-state index contributed by atoms with van der Waals surface area (Å²) in [7, 11) is 4.63. The molecule has 0 heterocycles. The molecule has 0 spiro atoms. The van der Waals surface area contributed by atoms with E-state index in [1.54, 1.807) is 58.6 Å². The van der Waals surface area contributed by atoms with Crippen LogP contribution in [0.4, 0.5) is 0 Å². The fourth-order valence-electron chi connectivity index (χ4n) is 2.52. The number of hydrogen-bond donors (Lipinski definition) is 1. The number of aryl methyl sites for hydroxylation is 1. The van der Waals surface area contributed by atoms with Crippen molar-refractivity contribution in [2.24, 2.45) is 0 Å². The largest absolute Gasteiger partial charge is 0.493 e.